The van der Waals surface area contributed by atoms with Gasteiger partial charge in [0.1, 0.15) is 0 Å². The second-order valence-corrected chi connectivity index (χ2v) is 2.26. The first-order valence-electron chi connectivity index (χ1n) is 4.20. The van der Waals surface area contributed by atoms with Gasteiger partial charge in [0, 0.05) is 19.5 Å². The zero-order chi connectivity index (χ0) is 9.07. The van der Waals surface area contributed by atoms with E-state index in [9.17, 15) is 0 Å². The van der Waals surface area contributed by atoms with Crippen LogP contribution in [-0.2, 0) is 4.74 Å². The summed E-state index contributed by atoms with van der Waals surface area (Å²) in [5.74, 6) is 5.78. The first kappa shape index (κ1) is 11.4. The average molecular weight is 171 g/mol. The van der Waals surface area contributed by atoms with E-state index in [2.05, 4.69) is 17.2 Å². The molecule has 0 aliphatic heterocycles. The van der Waals surface area contributed by atoms with Gasteiger partial charge in [0.15, 0.2) is 0 Å². The van der Waals surface area contributed by atoms with Crippen LogP contribution in [0.2, 0.25) is 0 Å². The summed E-state index contributed by atoms with van der Waals surface area (Å²) < 4.78 is 5.04. The van der Waals surface area contributed by atoms with Crippen LogP contribution in [0.1, 0.15) is 13.3 Å². The Morgan fingerprint density at radius 1 is 1.33 bits per heavy atom. The molecule has 0 aromatic carbocycles. The second kappa shape index (κ2) is 10.4. The minimum atomic E-state index is 0.0985. The highest BCUT2D eigenvalue weighted by atomic mass is 16.5. The van der Waals surface area contributed by atoms with Crippen LogP contribution in [-0.4, -0.2) is 38.0 Å². The van der Waals surface area contributed by atoms with E-state index in [-0.39, 0.29) is 6.61 Å². The Morgan fingerprint density at radius 2 is 2.17 bits per heavy atom. The molecule has 0 radical (unpaired) electrons. The molecule has 70 valence electrons. The summed E-state index contributed by atoms with van der Waals surface area (Å²) in [5, 5.41) is 11.5. The molecule has 0 aromatic rings. The number of nitrogens with one attached hydrogen (secondary N) is 1. The van der Waals surface area contributed by atoms with Gasteiger partial charge in [-0.05, 0) is 6.92 Å². The third-order valence-electron chi connectivity index (χ3n) is 1.26. The van der Waals surface area contributed by atoms with Gasteiger partial charge in [-0.25, -0.2) is 0 Å². The van der Waals surface area contributed by atoms with E-state index >= 15 is 0 Å². The molecule has 0 amide bonds. The van der Waals surface area contributed by atoms with Gasteiger partial charge in [-0.15, -0.1) is 11.8 Å². The topological polar surface area (TPSA) is 41.5 Å². The summed E-state index contributed by atoms with van der Waals surface area (Å²) in [6.07, 6.45) is 0.885. The Morgan fingerprint density at radius 3 is 2.83 bits per heavy atom. The monoisotopic (exact) mass is 171 g/mol. The summed E-state index contributed by atoms with van der Waals surface area (Å²) in [6, 6.07) is 0. The maximum absolute atomic E-state index is 8.38. The molecule has 0 bridgehead atoms. The summed E-state index contributed by atoms with van der Waals surface area (Å²) in [5.41, 5.74) is 0. The minimum Gasteiger partial charge on any atom is -0.394 e. The smallest absolute Gasteiger partial charge is 0.0698 e. The molecule has 0 fully saturated rings. The molecule has 0 unspecified atom stereocenters. The number of ether oxygens (including phenoxy) is 1. The van der Waals surface area contributed by atoms with Crippen LogP contribution < -0.4 is 5.32 Å². The Kier molecular flexibility index (Phi) is 9.95. The van der Waals surface area contributed by atoms with Crippen molar-refractivity contribution in [2.45, 2.75) is 13.3 Å². The summed E-state index contributed by atoms with van der Waals surface area (Å²) in [4.78, 5) is 0. The van der Waals surface area contributed by atoms with Crippen LogP contribution in [0.15, 0.2) is 0 Å². The van der Waals surface area contributed by atoms with Crippen molar-refractivity contribution >= 4 is 0 Å². The van der Waals surface area contributed by atoms with Crippen LogP contribution in [0.3, 0.4) is 0 Å². The Bertz CT molecular complexity index is 137. The normalized spacial score (nSPS) is 9.17. The zero-order valence-electron chi connectivity index (χ0n) is 7.60. The molecule has 0 saturated carbocycles. The quantitative estimate of drug-likeness (QED) is 0.418. The lowest BCUT2D eigenvalue weighted by atomic mass is 10.4. The van der Waals surface area contributed by atoms with Crippen LogP contribution in [0.25, 0.3) is 0 Å². The molecule has 12 heavy (non-hydrogen) atoms. The zero-order valence-corrected chi connectivity index (χ0v) is 7.60. The molecule has 3 nitrogen and oxygen atoms in total. The first-order chi connectivity index (χ1) is 5.91. The van der Waals surface area contributed by atoms with Crippen LogP contribution in [0.5, 0.6) is 0 Å². The van der Waals surface area contributed by atoms with Gasteiger partial charge >= 0.3 is 0 Å². The van der Waals surface area contributed by atoms with Gasteiger partial charge in [-0.1, -0.05) is 0 Å². The molecule has 0 aliphatic carbocycles. The van der Waals surface area contributed by atoms with E-state index in [0.717, 1.165) is 19.5 Å². The summed E-state index contributed by atoms with van der Waals surface area (Å²) >= 11 is 0. The fourth-order valence-corrected chi connectivity index (χ4v) is 0.712. The predicted molar refractivity (Wildman–Crippen MR) is 48.8 cm³/mol. The highest BCUT2D eigenvalue weighted by molar-refractivity contribution is 4.94. The molecule has 0 rings (SSSR count). The van der Waals surface area contributed by atoms with Crippen molar-refractivity contribution in [2.75, 3.05) is 32.9 Å². The van der Waals surface area contributed by atoms with E-state index in [1.807, 2.05) is 6.92 Å². The third kappa shape index (κ3) is 9.44. The van der Waals surface area contributed by atoms with Crippen molar-refractivity contribution in [3.63, 3.8) is 0 Å². The van der Waals surface area contributed by atoms with Gasteiger partial charge < -0.3 is 15.2 Å². The van der Waals surface area contributed by atoms with Crippen molar-refractivity contribution in [1.29, 1.82) is 0 Å². The Labute approximate surface area is 74.1 Å². The summed E-state index contributed by atoms with van der Waals surface area (Å²) in [6.45, 7) is 4.75. The second-order valence-electron chi connectivity index (χ2n) is 2.26. The van der Waals surface area contributed by atoms with Crippen LogP contribution in [0, 0.1) is 11.8 Å². The van der Waals surface area contributed by atoms with Crippen molar-refractivity contribution in [3.8, 4) is 11.8 Å². The highest BCUT2D eigenvalue weighted by Crippen LogP contribution is 1.74. The number of aliphatic hydroxyl groups excluding tert-OH is 1. The maximum Gasteiger partial charge on any atom is 0.0698 e. The molecular weight excluding hydrogens is 154 g/mol. The Hall–Kier alpha value is -0.560. The molecule has 0 saturated heterocycles. The Balaban J connectivity index is 2.84. The molecular formula is C9H17NO2. The van der Waals surface area contributed by atoms with Crippen molar-refractivity contribution in [2.24, 2.45) is 0 Å². The lowest BCUT2D eigenvalue weighted by Crippen LogP contribution is -2.21. The molecule has 0 spiro atoms. The van der Waals surface area contributed by atoms with Crippen LogP contribution in [0.4, 0.5) is 0 Å². The number of rotatable bonds is 7. The lowest BCUT2D eigenvalue weighted by Gasteiger charge is -2.02. The first-order valence-corrected chi connectivity index (χ1v) is 4.20. The fraction of sp³-hybridized carbons (Fsp3) is 0.778. The van der Waals surface area contributed by atoms with Gasteiger partial charge in [-0.2, -0.15) is 0 Å². The van der Waals surface area contributed by atoms with Crippen molar-refractivity contribution < 1.29 is 9.84 Å². The van der Waals surface area contributed by atoms with Gasteiger partial charge in [0.05, 0.1) is 19.8 Å². The number of hydrogen-bond donors (Lipinski definition) is 2. The lowest BCUT2D eigenvalue weighted by molar-refractivity contribution is 0.0941. The minimum absolute atomic E-state index is 0.0985. The van der Waals surface area contributed by atoms with E-state index in [4.69, 9.17) is 9.84 Å². The molecule has 2 N–H and O–H groups in total. The predicted octanol–water partition coefficient (Wildman–Crippen LogP) is -0.00170. The summed E-state index contributed by atoms with van der Waals surface area (Å²) in [7, 11) is 0. The molecule has 0 heterocycles. The number of hydrogen-bond acceptors (Lipinski definition) is 3. The third-order valence-corrected chi connectivity index (χ3v) is 1.26. The van der Waals surface area contributed by atoms with E-state index in [0.29, 0.717) is 13.2 Å². The van der Waals surface area contributed by atoms with Gasteiger partial charge in [0.25, 0.3) is 0 Å². The van der Waals surface area contributed by atoms with Gasteiger partial charge in [0.2, 0.25) is 0 Å². The molecule has 0 aromatic heterocycles. The fourth-order valence-electron chi connectivity index (χ4n) is 0.712. The SMILES string of the molecule is CC#CCCNCCOCCO. The number of aliphatic hydroxyl groups is 1. The molecule has 0 atom stereocenters. The van der Waals surface area contributed by atoms with Gasteiger partial charge in [-0.3, -0.25) is 0 Å². The van der Waals surface area contributed by atoms with E-state index in [1.165, 1.54) is 0 Å². The molecule has 3 heteroatoms. The van der Waals surface area contributed by atoms with Crippen molar-refractivity contribution in [1.82, 2.24) is 5.32 Å². The van der Waals surface area contributed by atoms with E-state index < -0.39 is 0 Å². The maximum atomic E-state index is 8.38. The standard InChI is InChI=1S/C9H17NO2/c1-2-3-4-5-10-6-8-12-9-7-11/h10-11H,4-9H2,1H3. The van der Waals surface area contributed by atoms with E-state index in [1.54, 1.807) is 0 Å². The van der Waals surface area contributed by atoms with Crippen molar-refractivity contribution in [3.05, 3.63) is 0 Å². The van der Waals surface area contributed by atoms with Crippen LogP contribution >= 0.6 is 0 Å². The molecule has 0 aliphatic rings. The highest BCUT2D eigenvalue weighted by Gasteiger charge is 1.86. The average Bonchev–Trinajstić information content (AvgIpc) is 2.10. The largest absolute Gasteiger partial charge is 0.394 e.